The van der Waals surface area contributed by atoms with E-state index in [1.54, 1.807) is 18.5 Å². The number of hydrogen-bond donors (Lipinski definition) is 0. The molecule has 144 valence electrons. The number of para-hydroxylation sites is 1. The zero-order valence-corrected chi connectivity index (χ0v) is 15.5. The van der Waals surface area contributed by atoms with Crippen molar-refractivity contribution in [3.05, 3.63) is 65.5 Å². The summed E-state index contributed by atoms with van der Waals surface area (Å²) in [6, 6.07) is 10.9. The van der Waals surface area contributed by atoms with Gasteiger partial charge in [0.05, 0.1) is 17.2 Å². The highest BCUT2D eigenvalue weighted by molar-refractivity contribution is 5.77. The highest BCUT2D eigenvalue weighted by Gasteiger charge is 2.23. The molecule has 7 nitrogen and oxygen atoms in total. The third kappa shape index (κ3) is 4.03. The van der Waals surface area contributed by atoms with E-state index < -0.39 is 0 Å². The number of hydrogen-bond acceptors (Lipinski definition) is 5. The molecule has 1 aliphatic heterocycles. The monoisotopic (exact) mass is 378 g/mol. The first kappa shape index (κ1) is 18.2. The summed E-state index contributed by atoms with van der Waals surface area (Å²) >= 11 is 0. The van der Waals surface area contributed by atoms with E-state index in [-0.39, 0.29) is 24.0 Å². The van der Waals surface area contributed by atoms with Crippen molar-refractivity contribution in [3.63, 3.8) is 0 Å². The Balaban J connectivity index is 1.30. The molecule has 2 aromatic heterocycles. The standard InChI is InChI=1S/C21H22N4O3/c26-20(9-14-25-15-23-19-4-2-1-3-18(19)21(25)27)24-12-7-17(8-13-24)28-16-5-10-22-11-6-16/h1-6,10-11,15,17H,7-9,12-14H2. The van der Waals surface area contributed by atoms with Gasteiger partial charge in [0.1, 0.15) is 11.9 Å². The molecule has 0 spiro atoms. The molecule has 0 unspecified atom stereocenters. The Bertz CT molecular complexity index is 1010. The van der Waals surface area contributed by atoms with Crippen molar-refractivity contribution < 1.29 is 9.53 Å². The molecule has 0 bridgehead atoms. The molecule has 7 heteroatoms. The Kier molecular flexibility index (Phi) is 5.32. The first-order chi connectivity index (χ1) is 13.7. The van der Waals surface area contributed by atoms with Gasteiger partial charge in [-0.15, -0.1) is 0 Å². The molecule has 1 aliphatic rings. The molecule has 1 aromatic carbocycles. The van der Waals surface area contributed by atoms with Gasteiger partial charge in [0.25, 0.3) is 5.56 Å². The molecule has 0 saturated carbocycles. The Labute approximate surface area is 162 Å². The Hall–Kier alpha value is -3.22. The predicted octanol–water partition coefficient (Wildman–Crippen LogP) is 2.25. The maximum absolute atomic E-state index is 12.6. The smallest absolute Gasteiger partial charge is 0.261 e. The molecule has 3 heterocycles. The maximum Gasteiger partial charge on any atom is 0.261 e. The lowest BCUT2D eigenvalue weighted by atomic mass is 10.1. The molecule has 0 N–H and O–H groups in total. The van der Waals surface area contributed by atoms with Gasteiger partial charge in [0.15, 0.2) is 0 Å². The second-order valence-electron chi connectivity index (χ2n) is 6.89. The summed E-state index contributed by atoms with van der Waals surface area (Å²) in [5.41, 5.74) is 0.564. The van der Waals surface area contributed by atoms with Crippen molar-refractivity contribution in [1.82, 2.24) is 19.4 Å². The van der Waals surface area contributed by atoms with Gasteiger partial charge in [-0.1, -0.05) is 12.1 Å². The van der Waals surface area contributed by atoms with Crippen LogP contribution in [0.2, 0.25) is 0 Å². The van der Waals surface area contributed by atoms with E-state index in [0.717, 1.165) is 18.6 Å². The SMILES string of the molecule is O=C(CCn1cnc2ccccc2c1=O)N1CCC(Oc2ccncc2)CC1. The van der Waals surface area contributed by atoms with Crippen molar-refractivity contribution in [1.29, 1.82) is 0 Å². The number of carbonyl (C=O) groups excluding carboxylic acids is 1. The van der Waals surface area contributed by atoms with Crippen LogP contribution >= 0.6 is 0 Å². The number of nitrogens with zero attached hydrogens (tertiary/aromatic N) is 4. The van der Waals surface area contributed by atoms with Gasteiger partial charge in [-0.05, 0) is 24.3 Å². The van der Waals surface area contributed by atoms with Crippen LogP contribution in [0, 0.1) is 0 Å². The van der Waals surface area contributed by atoms with Crippen LogP contribution in [0.4, 0.5) is 0 Å². The number of amides is 1. The molecule has 28 heavy (non-hydrogen) atoms. The Morgan fingerprint density at radius 2 is 1.86 bits per heavy atom. The first-order valence-electron chi connectivity index (χ1n) is 9.49. The Morgan fingerprint density at radius 3 is 2.64 bits per heavy atom. The number of aromatic nitrogens is 3. The van der Waals surface area contributed by atoms with Crippen molar-refractivity contribution in [2.45, 2.75) is 31.9 Å². The van der Waals surface area contributed by atoms with Gasteiger partial charge in [-0.25, -0.2) is 4.98 Å². The van der Waals surface area contributed by atoms with E-state index in [2.05, 4.69) is 9.97 Å². The highest BCUT2D eigenvalue weighted by Crippen LogP contribution is 2.18. The summed E-state index contributed by atoms with van der Waals surface area (Å²) in [6.45, 7) is 1.67. The number of piperidine rings is 1. The fraction of sp³-hybridized carbons (Fsp3) is 0.333. The molecular weight excluding hydrogens is 356 g/mol. The fourth-order valence-electron chi connectivity index (χ4n) is 3.47. The molecule has 1 saturated heterocycles. The summed E-state index contributed by atoms with van der Waals surface area (Å²) in [6.07, 6.45) is 6.92. The molecule has 0 radical (unpaired) electrons. The zero-order chi connectivity index (χ0) is 19.3. The number of likely N-dealkylation sites (tertiary alicyclic amines) is 1. The number of fused-ring (bicyclic) bond motifs is 1. The normalized spacial score (nSPS) is 14.9. The van der Waals surface area contributed by atoms with Crippen LogP contribution in [0.15, 0.2) is 59.9 Å². The lowest BCUT2D eigenvalue weighted by Crippen LogP contribution is -2.42. The van der Waals surface area contributed by atoms with Gasteiger partial charge in [0, 0.05) is 51.3 Å². The molecule has 1 fully saturated rings. The van der Waals surface area contributed by atoms with E-state index in [9.17, 15) is 9.59 Å². The number of aryl methyl sites for hydroxylation is 1. The van der Waals surface area contributed by atoms with Gasteiger partial charge in [0.2, 0.25) is 5.91 Å². The largest absolute Gasteiger partial charge is 0.490 e. The van der Waals surface area contributed by atoms with Crippen LogP contribution in [-0.4, -0.2) is 44.5 Å². The third-order valence-corrected chi connectivity index (χ3v) is 5.05. The highest BCUT2D eigenvalue weighted by atomic mass is 16.5. The predicted molar refractivity (Wildman–Crippen MR) is 105 cm³/mol. The lowest BCUT2D eigenvalue weighted by Gasteiger charge is -2.32. The first-order valence-corrected chi connectivity index (χ1v) is 9.49. The van der Waals surface area contributed by atoms with Crippen LogP contribution in [0.5, 0.6) is 5.75 Å². The van der Waals surface area contributed by atoms with Crippen molar-refractivity contribution >= 4 is 16.8 Å². The molecule has 0 atom stereocenters. The second-order valence-corrected chi connectivity index (χ2v) is 6.89. The number of pyridine rings is 1. The van der Waals surface area contributed by atoms with E-state index in [0.29, 0.717) is 30.5 Å². The van der Waals surface area contributed by atoms with Crippen molar-refractivity contribution in [3.8, 4) is 5.75 Å². The molecular formula is C21H22N4O3. The summed E-state index contributed by atoms with van der Waals surface area (Å²) in [4.78, 5) is 35.2. The van der Waals surface area contributed by atoms with Gasteiger partial charge in [-0.2, -0.15) is 0 Å². The third-order valence-electron chi connectivity index (χ3n) is 5.05. The average molecular weight is 378 g/mol. The fourth-order valence-corrected chi connectivity index (χ4v) is 3.47. The van der Waals surface area contributed by atoms with E-state index in [1.165, 1.54) is 10.9 Å². The van der Waals surface area contributed by atoms with Crippen LogP contribution < -0.4 is 10.3 Å². The van der Waals surface area contributed by atoms with Gasteiger partial charge >= 0.3 is 0 Å². The number of carbonyl (C=O) groups is 1. The molecule has 4 rings (SSSR count). The minimum Gasteiger partial charge on any atom is -0.490 e. The molecule has 1 amide bonds. The van der Waals surface area contributed by atoms with Crippen LogP contribution in [0.1, 0.15) is 19.3 Å². The summed E-state index contributed by atoms with van der Waals surface area (Å²) in [5, 5.41) is 0.575. The summed E-state index contributed by atoms with van der Waals surface area (Å²) < 4.78 is 7.45. The number of benzene rings is 1. The second kappa shape index (κ2) is 8.21. The topological polar surface area (TPSA) is 77.3 Å². The number of ether oxygens (including phenoxy) is 1. The van der Waals surface area contributed by atoms with Gasteiger partial charge < -0.3 is 9.64 Å². The maximum atomic E-state index is 12.6. The van der Waals surface area contributed by atoms with Crippen LogP contribution in [0.3, 0.4) is 0 Å². The van der Waals surface area contributed by atoms with E-state index in [4.69, 9.17) is 4.74 Å². The summed E-state index contributed by atoms with van der Waals surface area (Å²) in [5.74, 6) is 0.866. The molecule has 0 aliphatic carbocycles. The van der Waals surface area contributed by atoms with E-state index >= 15 is 0 Å². The quantitative estimate of drug-likeness (QED) is 0.681. The zero-order valence-electron chi connectivity index (χ0n) is 15.5. The minimum atomic E-state index is -0.108. The number of rotatable bonds is 5. The lowest BCUT2D eigenvalue weighted by molar-refractivity contribution is -0.133. The van der Waals surface area contributed by atoms with E-state index in [1.807, 2.05) is 35.2 Å². The van der Waals surface area contributed by atoms with Crippen LogP contribution in [0.25, 0.3) is 10.9 Å². The Morgan fingerprint density at radius 1 is 1.11 bits per heavy atom. The average Bonchev–Trinajstić information content (AvgIpc) is 2.74. The van der Waals surface area contributed by atoms with Crippen LogP contribution in [-0.2, 0) is 11.3 Å². The van der Waals surface area contributed by atoms with Gasteiger partial charge in [-0.3, -0.25) is 19.1 Å². The summed E-state index contributed by atoms with van der Waals surface area (Å²) in [7, 11) is 0. The molecule has 3 aromatic rings. The van der Waals surface area contributed by atoms with Crippen molar-refractivity contribution in [2.24, 2.45) is 0 Å². The minimum absolute atomic E-state index is 0.0578. The van der Waals surface area contributed by atoms with Crippen molar-refractivity contribution in [2.75, 3.05) is 13.1 Å².